The second-order valence-electron chi connectivity index (χ2n) is 6.27. The molecule has 0 bridgehead atoms. The number of rotatable bonds is 4. The van der Waals surface area contributed by atoms with Crippen molar-refractivity contribution >= 4 is 9.84 Å². The van der Waals surface area contributed by atoms with Crippen molar-refractivity contribution in [3.05, 3.63) is 0 Å². The van der Waals surface area contributed by atoms with Crippen molar-refractivity contribution in [2.45, 2.75) is 50.2 Å². The van der Waals surface area contributed by atoms with E-state index in [4.69, 9.17) is 4.74 Å². The van der Waals surface area contributed by atoms with Crippen LogP contribution in [0, 0.1) is 5.92 Å². The molecular weight excluding hydrogens is 250 g/mol. The third kappa shape index (κ3) is 2.73. The Labute approximate surface area is 109 Å². The molecule has 1 atom stereocenters. The summed E-state index contributed by atoms with van der Waals surface area (Å²) in [6, 6.07) is 0. The lowest BCUT2D eigenvalue weighted by Crippen LogP contribution is -2.46. The van der Waals surface area contributed by atoms with Gasteiger partial charge in [0.1, 0.15) is 0 Å². The Morgan fingerprint density at radius 1 is 1.11 bits per heavy atom. The number of hydrogen-bond donors (Lipinski definition) is 1. The minimum absolute atomic E-state index is 0.0406. The molecule has 3 rings (SSSR count). The average molecular weight is 273 g/mol. The lowest BCUT2D eigenvalue weighted by molar-refractivity contribution is -0.0273. The summed E-state index contributed by atoms with van der Waals surface area (Å²) >= 11 is 0. The first-order valence-electron chi connectivity index (χ1n) is 7.16. The van der Waals surface area contributed by atoms with Gasteiger partial charge in [-0.25, -0.2) is 8.42 Å². The second kappa shape index (κ2) is 4.76. The number of hydrogen-bond acceptors (Lipinski definition) is 4. The molecule has 1 N–H and O–H groups in total. The largest absolute Gasteiger partial charge is 0.371 e. The van der Waals surface area contributed by atoms with E-state index in [1.54, 1.807) is 0 Å². The molecule has 2 heterocycles. The van der Waals surface area contributed by atoms with Gasteiger partial charge in [0.15, 0.2) is 9.84 Å². The van der Waals surface area contributed by atoms with Crippen LogP contribution in [0.2, 0.25) is 0 Å². The summed E-state index contributed by atoms with van der Waals surface area (Å²) in [5.41, 5.74) is 0.0538. The topological polar surface area (TPSA) is 55.4 Å². The summed E-state index contributed by atoms with van der Waals surface area (Å²) in [6.45, 7) is 1.71. The van der Waals surface area contributed by atoms with Crippen LogP contribution >= 0.6 is 0 Å². The minimum atomic E-state index is -2.94. The zero-order chi connectivity index (χ0) is 12.6. The molecule has 1 aliphatic carbocycles. The lowest BCUT2D eigenvalue weighted by atomic mass is 9.98. The van der Waals surface area contributed by atoms with Crippen molar-refractivity contribution in [3.63, 3.8) is 0 Å². The van der Waals surface area contributed by atoms with Crippen LogP contribution in [0.15, 0.2) is 0 Å². The lowest BCUT2D eigenvalue weighted by Gasteiger charge is -2.27. The van der Waals surface area contributed by atoms with Gasteiger partial charge < -0.3 is 10.1 Å². The Kier molecular flexibility index (Phi) is 3.41. The van der Waals surface area contributed by atoms with Crippen LogP contribution in [0.25, 0.3) is 0 Å². The monoisotopic (exact) mass is 273 g/mol. The van der Waals surface area contributed by atoms with E-state index in [0.29, 0.717) is 11.7 Å². The fourth-order valence-electron chi connectivity index (χ4n) is 3.58. The van der Waals surface area contributed by atoms with Gasteiger partial charge in [0, 0.05) is 13.1 Å². The van der Waals surface area contributed by atoms with Crippen LogP contribution in [0.4, 0.5) is 0 Å². The third-order valence-electron chi connectivity index (χ3n) is 4.65. The van der Waals surface area contributed by atoms with Gasteiger partial charge in [0.25, 0.3) is 0 Å². The highest BCUT2D eigenvalue weighted by Gasteiger charge is 2.43. The van der Waals surface area contributed by atoms with Crippen LogP contribution < -0.4 is 5.32 Å². The molecular formula is C13H23NO3S. The first kappa shape index (κ1) is 12.9. The van der Waals surface area contributed by atoms with Gasteiger partial charge in [-0.3, -0.25) is 0 Å². The summed E-state index contributed by atoms with van der Waals surface area (Å²) in [6.07, 6.45) is 6.72. The Balaban J connectivity index is 1.53. The van der Waals surface area contributed by atoms with Crippen LogP contribution in [0.1, 0.15) is 38.5 Å². The average Bonchev–Trinajstić information content (AvgIpc) is 2.84. The summed E-state index contributed by atoms with van der Waals surface area (Å²) in [5, 5.41) is 3.12. The van der Waals surface area contributed by atoms with Crippen molar-refractivity contribution in [2.24, 2.45) is 5.92 Å². The van der Waals surface area contributed by atoms with Gasteiger partial charge in [-0.15, -0.1) is 0 Å². The Morgan fingerprint density at radius 3 is 2.44 bits per heavy atom. The molecule has 104 valence electrons. The summed E-state index contributed by atoms with van der Waals surface area (Å²) in [7, 11) is -2.94. The summed E-state index contributed by atoms with van der Waals surface area (Å²) < 4.78 is 30.3. The molecule has 2 aliphatic heterocycles. The van der Waals surface area contributed by atoms with Gasteiger partial charge in [0.05, 0.1) is 23.2 Å². The van der Waals surface area contributed by atoms with E-state index < -0.39 is 9.84 Å². The second-order valence-corrected chi connectivity index (χ2v) is 8.42. The quantitative estimate of drug-likeness (QED) is 0.834. The van der Waals surface area contributed by atoms with E-state index >= 15 is 0 Å². The predicted molar refractivity (Wildman–Crippen MR) is 70.3 cm³/mol. The van der Waals surface area contributed by atoms with Crippen molar-refractivity contribution in [3.8, 4) is 0 Å². The van der Waals surface area contributed by atoms with Gasteiger partial charge in [-0.05, 0) is 31.6 Å². The first-order chi connectivity index (χ1) is 8.57. The first-order valence-corrected chi connectivity index (χ1v) is 8.98. The fourth-order valence-corrected chi connectivity index (χ4v) is 5.47. The highest BCUT2D eigenvalue weighted by atomic mass is 32.2. The molecule has 3 fully saturated rings. The van der Waals surface area contributed by atoms with Crippen LogP contribution in [-0.4, -0.2) is 44.7 Å². The molecule has 2 saturated heterocycles. The molecule has 1 saturated carbocycles. The van der Waals surface area contributed by atoms with E-state index in [2.05, 4.69) is 5.32 Å². The Morgan fingerprint density at radius 2 is 1.83 bits per heavy atom. The van der Waals surface area contributed by atoms with Gasteiger partial charge in [-0.1, -0.05) is 12.8 Å². The van der Waals surface area contributed by atoms with E-state index in [1.807, 2.05) is 0 Å². The molecule has 4 nitrogen and oxygen atoms in total. The SMILES string of the molecule is O=S(=O)(CC1CNC1)CC1CCC2(CCCC2)O1. The van der Waals surface area contributed by atoms with Gasteiger partial charge >= 0.3 is 0 Å². The fraction of sp³-hybridized carbons (Fsp3) is 1.00. The molecule has 0 aromatic rings. The maximum atomic E-state index is 12.1. The highest BCUT2D eigenvalue weighted by molar-refractivity contribution is 7.91. The smallest absolute Gasteiger partial charge is 0.153 e. The minimum Gasteiger partial charge on any atom is -0.371 e. The molecule has 0 aromatic carbocycles. The molecule has 3 aliphatic rings. The number of sulfone groups is 1. The standard InChI is InChI=1S/C13H23NO3S/c15-18(16,9-11-7-14-8-11)10-12-3-6-13(17-12)4-1-2-5-13/h11-12,14H,1-10H2. The van der Waals surface area contributed by atoms with E-state index in [0.717, 1.165) is 38.8 Å². The Bertz CT molecular complexity index is 396. The highest BCUT2D eigenvalue weighted by Crippen LogP contribution is 2.43. The van der Waals surface area contributed by atoms with Crippen LogP contribution in [-0.2, 0) is 14.6 Å². The maximum Gasteiger partial charge on any atom is 0.153 e. The maximum absolute atomic E-state index is 12.1. The number of nitrogens with one attached hydrogen (secondary N) is 1. The molecule has 1 unspecified atom stereocenters. The van der Waals surface area contributed by atoms with E-state index in [1.165, 1.54) is 12.8 Å². The van der Waals surface area contributed by atoms with Crippen LogP contribution in [0.5, 0.6) is 0 Å². The summed E-state index contributed by atoms with van der Waals surface area (Å²) in [4.78, 5) is 0. The summed E-state index contributed by atoms with van der Waals surface area (Å²) in [5.74, 6) is 0.912. The molecule has 0 amide bonds. The van der Waals surface area contributed by atoms with Gasteiger partial charge in [-0.2, -0.15) is 0 Å². The molecule has 0 aromatic heterocycles. The van der Waals surface area contributed by atoms with Crippen LogP contribution in [0.3, 0.4) is 0 Å². The molecule has 0 radical (unpaired) electrons. The van der Waals surface area contributed by atoms with Crippen molar-refractivity contribution in [2.75, 3.05) is 24.6 Å². The molecule has 18 heavy (non-hydrogen) atoms. The third-order valence-corrected chi connectivity index (χ3v) is 6.51. The van der Waals surface area contributed by atoms with E-state index in [-0.39, 0.29) is 17.5 Å². The number of ether oxygens (including phenoxy) is 1. The molecule has 5 heteroatoms. The Hall–Kier alpha value is -0.130. The predicted octanol–water partition coefficient (Wildman–Crippen LogP) is 1.11. The zero-order valence-electron chi connectivity index (χ0n) is 10.9. The van der Waals surface area contributed by atoms with Gasteiger partial charge in [0.2, 0.25) is 0 Å². The van der Waals surface area contributed by atoms with E-state index in [9.17, 15) is 8.42 Å². The molecule has 1 spiro atoms. The van der Waals surface area contributed by atoms with Crippen molar-refractivity contribution in [1.82, 2.24) is 5.32 Å². The normalized spacial score (nSPS) is 31.9. The van der Waals surface area contributed by atoms with Crippen molar-refractivity contribution in [1.29, 1.82) is 0 Å². The zero-order valence-corrected chi connectivity index (χ0v) is 11.7. The van der Waals surface area contributed by atoms with Crippen molar-refractivity contribution < 1.29 is 13.2 Å².